The summed E-state index contributed by atoms with van der Waals surface area (Å²) in [6.07, 6.45) is 6.72. The van der Waals surface area contributed by atoms with Crippen molar-refractivity contribution in [1.29, 1.82) is 0 Å². The monoisotopic (exact) mass is 166 g/mol. The lowest BCUT2D eigenvalue weighted by Crippen LogP contribution is -1.59. The van der Waals surface area contributed by atoms with Crippen molar-refractivity contribution in [2.75, 3.05) is 0 Å². The maximum Gasteiger partial charge on any atom is 0.104 e. The van der Waals surface area contributed by atoms with E-state index in [1.807, 2.05) is 12.1 Å². The molecule has 0 aliphatic heterocycles. The van der Waals surface area contributed by atoms with Crippen molar-refractivity contribution in [3.8, 4) is 0 Å². The predicted molar refractivity (Wildman–Crippen MR) is 41.5 cm³/mol. The van der Waals surface area contributed by atoms with Crippen LogP contribution in [0.2, 0.25) is 0 Å². The molecule has 0 spiro atoms. The van der Waals surface area contributed by atoms with E-state index in [9.17, 15) is 0 Å². The van der Waals surface area contributed by atoms with Crippen molar-refractivity contribution >= 4 is 11.8 Å². The predicted octanol–water partition coefficient (Wildman–Crippen LogP) is 3.02. The first-order chi connectivity index (χ1) is 5.45. The summed E-state index contributed by atoms with van der Waals surface area (Å²) in [5.41, 5.74) is 0. The van der Waals surface area contributed by atoms with Crippen LogP contribution < -0.4 is 0 Å². The zero-order valence-corrected chi connectivity index (χ0v) is 6.51. The minimum absolute atomic E-state index is 1.09. The summed E-state index contributed by atoms with van der Waals surface area (Å²) in [5.74, 6) is 0. The Morgan fingerprint density at radius 2 is 1.45 bits per heavy atom. The summed E-state index contributed by atoms with van der Waals surface area (Å²) in [7, 11) is 0. The van der Waals surface area contributed by atoms with Gasteiger partial charge >= 0.3 is 0 Å². The third-order valence-electron chi connectivity index (χ3n) is 1.23. The molecule has 2 nitrogen and oxygen atoms in total. The van der Waals surface area contributed by atoms with Gasteiger partial charge in [-0.1, -0.05) is 11.8 Å². The van der Waals surface area contributed by atoms with Gasteiger partial charge in [0.25, 0.3) is 0 Å². The average Bonchev–Trinajstić information content (AvgIpc) is 2.60. The van der Waals surface area contributed by atoms with E-state index in [-0.39, 0.29) is 0 Å². The Labute approximate surface area is 68.2 Å². The van der Waals surface area contributed by atoms with Gasteiger partial charge in [0.15, 0.2) is 0 Å². The fourth-order valence-corrected chi connectivity index (χ4v) is 1.48. The van der Waals surface area contributed by atoms with Crippen LogP contribution in [0.1, 0.15) is 0 Å². The maximum absolute atomic E-state index is 4.91. The fraction of sp³-hybridized carbons (Fsp3) is 0. The van der Waals surface area contributed by atoms with Crippen LogP contribution in [0.15, 0.2) is 55.8 Å². The maximum atomic E-state index is 4.91. The highest BCUT2D eigenvalue weighted by molar-refractivity contribution is 7.99. The number of hydrogen-bond donors (Lipinski definition) is 0. The molecule has 0 radical (unpaired) electrons. The first-order valence-electron chi connectivity index (χ1n) is 3.17. The highest BCUT2D eigenvalue weighted by atomic mass is 32.2. The summed E-state index contributed by atoms with van der Waals surface area (Å²) < 4.78 is 9.82. The Morgan fingerprint density at radius 1 is 0.909 bits per heavy atom. The Balaban J connectivity index is 2.14. The van der Waals surface area contributed by atoms with Crippen molar-refractivity contribution in [3.63, 3.8) is 0 Å². The molecule has 0 amide bonds. The van der Waals surface area contributed by atoms with Crippen LogP contribution in [0.25, 0.3) is 0 Å². The average molecular weight is 166 g/mol. The molecular weight excluding hydrogens is 160 g/mol. The molecular formula is C8H6O2S. The van der Waals surface area contributed by atoms with Gasteiger partial charge in [0.2, 0.25) is 0 Å². The van der Waals surface area contributed by atoms with Crippen LogP contribution in [0, 0.1) is 0 Å². The van der Waals surface area contributed by atoms with E-state index in [4.69, 9.17) is 8.83 Å². The Morgan fingerprint density at radius 3 is 1.82 bits per heavy atom. The first-order valence-corrected chi connectivity index (χ1v) is 3.99. The standard InChI is InChI=1S/C8H6O2S/c1-3-9-5-7(1)11-8-2-4-10-6-8/h1-6H. The van der Waals surface area contributed by atoms with E-state index in [2.05, 4.69) is 0 Å². The van der Waals surface area contributed by atoms with E-state index in [1.165, 1.54) is 0 Å². The van der Waals surface area contributed by atoms with Gasteiger partial charge in [-0.25, -0.2) is 0 Å². The molecule has 11 heavy (non-hydrogen) atoms. The summed E-state index contributed by atoms with van der Waals surface area (Å²) in [4.78, 5) is 2.18. The lowest BCUT2D eigenvalue weighted by atomic mass is 10.7. The summed E-state index contributed by atoms with van der Waals surface area (Å²) >= 11 is 1.61. The third-order valence-corrected chi connectivity index (χ3v) is 2.16. The molecule has 0 saturated carbocycles. The normalized spacial score (nSPS) is 10.2. The van der Waals surface area contributed by atoms with E-state index in [0.717, 1.165) is 9.79 Å². The molecule has 2 rings (SSSR count). The number of hydrogen-bond acceptors (Lipinski definition) is 3. The molecule has 0 saturated heterocycles. The third kappa shape index (κ3) is 1.49. The van der Waals surface area contributed by atoms with Crippen molar-refractivity contribution in [2.24, 2.45) is 0 Å². The van der Waals surface area contributed by atoms with Crippen molar-refractivity contribution in [2.45, 2.75) is 9.79 Å². The molecule has 2 aromatic heterocycles. The van der Waals surface area contributed by atoms with Gasteiger partial charge in [0, 0.05) is 0 Å². The van der Waals surface area contributed by atoms with Crippen molar-refractivity contribution in [1.82, 2.24) is 0 Å². The van der Waals surface area contributed by atoms with E-state index < -0.39 is 0 Å². The Hall–Kier alpha value is -1.09. The van der Waals surface area contributed by atoms with Gasteiger partial charge in [-0.2, -0.15) is 0 Å². The molecule has 0 fully saturated rings. The smallest absolute Gasteiger partial charge is 0.104 e. The zero-order chi connectivity index (χ0) is 7.52. The molecule has 2 heterocycles. The van der Waals surface area contributed by atoms with E-state index >= 15 is 0 Å². The van der Waals surface area contributed by atoms with Crippen LogP contribution in [0.3, 0.4) is 0 Å². The van der Waals surface area contributed by atoms with E-state index in [0.29, 0.717) is 0 Å². The first kappa shape index (κ1) is 6.61. The van der Waals surface area contributed by atoms with Gasteiger partial charge in [0.1, 0.15) is 12.5 Å². The summed E-state index contributed by atoms with van der Waals surface area (Å²) in [6, 6.07) is 3.83. The van der Waals surface area contributed by atoms with Crippen LogP contribution in [0.5, 0.6) is 0 Å². The minimum Gasteiger partial charge on any atom is -0.471 e. The second-order valence-corrected chi connectivity index (χ2v) is 3.17. The molecule has 0 aromatic carbocycles. The second kappa shape index (κ2) is 2.88. The largest absolute Gasteiger partial charge is 0.471 e. The lowest BCUT2D eigenvalue weighted by molar-refractivity contribution is 0.560. The van der Waals surface area contributed by atoms with Crippen LogP contribution in [-0.2, 0) is 0 Å². The Kier molecular flexibility index (Phi) is 1.73. The molecule has 2 aromatic rings. The number of rotatable bonds is 2. The minimum atomic E-state index is 1.09. The molecule has 56 valence electrons. The number of furan rings is 2. The van der Waals surface area contributed by atoms with Crippen molar-refractivity contribution < 1.29 is 8.83 Å². The molecule has 0 atom stereocenters. The van der Waals surface area contributed by atoms with Crippen LogP contribution >= 0.6 is 11.8 Å². The zero-order valence-electron chi connectivity index (χ0n) is 5.69. The van der Waals surface area contributed by atoms with Gasteiger partial charge in [0.05, 0.1) is 22.3 Å². The molecule has 0 aliphatic carbocycles. The van der Waals surface area contributed by atoms with Gasteiger partial charge in [-0.3, -0.25) is 0 Å². The lowest BCUT2D eigenvalue weighted by Gasteiger charge is -1.87. The SMILES string of the molecule is c1cc(Sc2ccoc2)co1. The van der Waals surface area contributed by atoms with E-state index in [1.54, 1.807) is 36.8 Å². The topological polar surface area (TPSA) is 26.3 Å². The summed E-state index contributed by atoms with van der Waals surface area (Å²) in [5, 5.41) is 0. The fourth-order valence-electron chi connectivity index (χ4n) is 0.756. The highest BCUT2D eigenvalue weighted by Gasteiger charge is 1.97. The molecule has 0 unspecified atom stereocenters. The van der Waals surface area contributed by atoms with Crippen LogP contribution in [-0.4, -0.2) is 0 Å². The molecule has 0 bridgehead atoms. The quantitative estimate of drug-likeness (QED) is 0.685. The molecule has 0 N–H and O–H groups in total. The van der Waals surface area contributed by atoms with Gasteiger partial charge in [-0.15, -0.1) is 0 Å². The highest BCUT2D eigenvalue weighted by Crippen LogP contribution is 2.27. The summed E-state index contributed by atoms with van der Waals surface area (Å²) in [6.45, 7) is 0. The molecule has 3 heteroatoms. The van der Waals surface area contributed by atoms with Crippen LogP contribution in [0.4, 0.5) is 0 Å². The van der Waals surface area contributed by atoms with Gasteiger partial charge in [-0.05, 0) is 12.1 Å². The second-order valence-electron chi connectivity index (χ2n) is 2.02. The molecule has 0 aliphatic rings. The van der Waals surface area contributed by atoms with Crippen molar-refractivity contribution in [3.05, 3.63) is 37.2 Å². The Bertz CT molecular complexity index is 264. The van der Waals surface area contributed by atoms with Gasteiger partial charge < -0.3 is 8.83 Å².